The summed E-state index contributed by atoms with van der Waals surface area (Å²) in [7, 11) is 0. The molecule has 1 saturated heterocycles. The number of aromatic amines is 1. The molecule has 0 spiro atoms. The lowest BCUT2D eigenvalue weighted by atomic mass is 9.95. The fraction of sp³-hybridized carbons (Fsp3) is 0.519. The molecule has 2 fully saturated rings. The lowest BCUT2D eigenvalue weighted by molar-refractivity contribution is 0.00164. The molecular weight excluding hydrogens is 466 g/mol. The van der Waals surface area contributed by atoms with Crippen molar-refractivity contribution in [1.82, 2.24) is 35.5 Å². The van der Waals surface area contributed by atoms with Crippen LogP contribution < -0.4 is 10.2 Å². The number of ether oxygens (including phenoxy) is 1. The van der Waals surface area contributed by atoms with Crippen molar-refractivity contribution in [3.8, 4) is 22.6 Å². The van der Waals surface area contributed by atoms with Gasteiger partial charge in [0.15, 0.2) is 5.88 Å². The number of rotatable bonds is 7. The Bertz CT molecular complexity index is 1190. The number of hydrogen-bond acceptors (Lipinski definition) is 9. The van der Waals surface area contributed by atoms with Crippen molar-refractivity contribution in [3.05, 3.63) is 42.9 Å². The van der Waals surface area contributed by atoms with E-state index in [0.717, 1.165) is 60.5 Å². The normalized spacial score (nSPS) is 17.1. The number of piperazine rings is 1. The molecule has 37 heavy (non-hydrogen) atoms. The van der Waals surface area contributed by atoms with Gasteiger partial charge in [0.2, 0.25) is 5.82 Å². The first-order valence-electron chi connectivity index (χ1n) is 13.2. The minimum Gasteiger partial charge on any atom is -0.474 e. The van der Waals surface area contributed by atoms with E-state index < -0.39 is 0 Å². The van der Waals surface area contributed by atoms with Crippen molar-refractivity contribution in [1.29, 1.82) is 0 Å². The van der Waals surface area contributed by atoms with E-state index in [1.54, 1.807) is 0 Å². The molecule has 0 unspecified atom stereocenters. The number of H-pyrrole nitrogens is 1. The number of nitrogens with zero attached hydrogens (tertiary/aromatic N) is 7. The maximum Gasteiger partial charge on any atom is 0.204 e. The second-order valence-corrected chi connectivity index (χ2v) is 10.8. The van der Waals surface area contributed by atoms with Crippen molar-refractivity contribution in [2.24, 2.45) is 0 Å². The number of aromatic nitrogens is 6. The highest BCUT2D eigenvalue weighted by molar-refractivity contribution is 5.72. The summed E-state index contributed by atoms with van der Waals surface area (Å²) in [6, 6.07) is 8.63. The number of pyridine rings is 2. The van der Waals surface area contributed by atoms with Gasteiger partial charge in [-0.25, -0.2) is 9.97 Å². The van der Waals surface area contributed by atoms with Crippen LogP contribution in [0.4, 0.5) is 11.6 Å². The average Bonchev–Trinajstić information content (AvgIpc) is 3.44. The van der Waals surface area contributed by atoms with Crippen LogP contribution in [0.15, 0.2) is 42.9 Å². The highest BCUT2D eigenvalue weighted by Gasteiger charge is 2.24. The Morgan fingerprint density at radius 2 is 1.84 bits per heavy atom. The minimum absolute atomic E-state index is 0.265. The fourth-order valence-corrected chi connectivity index (χ4v) is 4.97. The van der Waals surface area contributed by atoms with Gasteiger partial charge < -0.3 is 19.9 Å². The van der Waals surface area contributed by atoms with E-state index >= 15 is 0 Å². The Morgan fingerprint density at radius 3 is 2.54 bits per heavy atom. The van der Waals surface area contributed by atoms with E-state index in [2.05, 4.69) is 53.4 Å². The van der Waals surface area contributed by atoms with E-state index in [0.29, 0.717) is 11.9 Å². The molecule has 2 aliphatic rings. The lowest BCUT2D eigenvalue weighted by Gasteiger charge is -2.39. The summed E-state index contributed by atoms with van der Waals surface area (Å²) in [5, 5.41) is 18.4. The monoisotopic (exact) mass is 503 g/mol. The van der Waals surface area contributed by atoms with Crippen molar-refractivity contribution < 1.29 is 4.74 Å². The van der Waals surface area contributed by atoms with Gasteiger partial charge in [-0.1, -0.05) is 19.3 Å². The predicted molar refractivity (Wildman–Crippen MR) is 145 cm³/mol. The standard InChI is InChI=1S/C27H37N9O/c1-19(37-27(2,3)4)35-12-14-36(15-13-35)25-18-21(26-31-33-34-32-26)16-23(30-25)20-10-11-28-24(17-20)29-22-8-6-5-7-9-22/h10-11,16-18,22H,1,5-9,12-15H2,2-4H3,(H,28,29)(H,31,32,33,34). The highest BCUT2D eigenvalue weighted by atomic mass is 16.5. The molecule has 0 amide bonds. The molecule has 0 bridgehead atoms. The van der Waals surface area contributed by atoms with Gasteiger partial charge in [-0.05, 0) is 69.7 Å². The van der Waals surface area contributed by atoms with Gasteiger partial charge in [-0.15, -0.1) is 10.2 Å². The third-order valence-electron chi connectivity index (χ3n) is 6.81. The zero-order valence-corrected chi connectivity index (χ0v) is 22.1. The Balaban J connectivity index is 1.38. The molecular formula is C27H37N9O. The Labute approximate surface area is 218 Å². The number of nitrogens with one attached hydrogen (secondary N) is 2. The third-order valence-corrected chi connectivity index (χ3v) is 6.81. The van der Waals surface area contributed by atoms with Crippen LogP contribution in [-0.2, 0) is 4.74 Å². The molecule has 0 radical (unpaired) electrons. The third kappa shape index (κ3) is 6.36. The SMILES string of the molecule is C=C(OC(C)(C)C)N1CCN(c2cc(-c3nn[nH]n3)cc(-c3ccnc(NC4CCCCC4)c3)n2)CC1. The van der Waals surface area contributed by atoms with Crippen molar-refractivity contribution >= 4 is 11.6 Å². The molecule has 4 heterocycles. The summed E-state index contributed by atoms with van der Waals surface area (Å²) in [4.78, 5) is 14.1. The first kappa shape index (κ1) is 25.0. The summed E-state index contributed by atoms with van der Waals surface area (Å²) in [5.74, 6) is 3.04. The Morgan fingerprint density at radius 1 is 1.05 bits per heavy atom. The first-order valence-corrected chi connectivity index (χ1v) is 13.2. The van der Waals surface area contributed by atoms with Crippen molar-refractivity contribution in [3.63, 3.8) is 0 Å². The smallest absolute Gasteiger partial charge is 0.204 e. The van der Waals surface area contributed by atoms with Crippen LogP contribution in [0.5, 0.6) is 0 Å². The van der Waals surface area contributed by atoms with Crippen LogP contribution in [0.3, 0.4) is 0 Å². The van der Waals surface area contributed by atoms with Gasteiger partial charge in [-0.3, -0.25) is 0 Å². The molecule has 196 valence electrons. The molecule has 0 aromatic carbocycles. The summed E-state index contributed by atoms with van der Waals surface area (Å²) < 4.78 is 5.99. The van der Waals surface area contributed by atoms with Gasteiger partial charge in [0, 0.05) is 49.5 Å². The summed E-state index contributed by atoms with van der Waals surface area (Å²) in [5.41, 5.74) is 2.47. The first-order chi connectivity index (χ1) is 17.8. The van der Waals surface area contributed by atoms with E-state index in [1.807, 2.05) is 45.2 Å². The molecule has 3 aromatic rings. The van der Waals surface area contributed by atoms with Crippen LogP contribution in [0.1, 0.15) is 52.9 Å². The molecule has 10 nitrogen and oxygen atoms in total. The second kappa shape index (κ2) is 10.7. The number of hydrogen-bond donors (Lipinski definition) is 2. The van der Waals surface area contributed by atoms with E-state index in [9.17, 15) is 0 Å². The summed E-state index contributed by atoms with van der Waals surface area (Å²) >= 11 is 0. The zero-order chi connectivity index (χ0) is 25.8. The van der Waals surface area contributed by atoms with Crippen LogP contribution in [-0.4, -0.2) is 73.3 Å². The van der Waals surface area contributed by atoms with E-state index in [1.165, 1.54) is 32.1 Å². The van der Waals surface area contributed by atoms with E-state index in [4.69, 9.17) is 9.72 Å². The fourth-order valence-electron chi connectivity index (χ4n) is 4.97. The topological polar surface area (TPSA) is 108 Å². The van der Waals surface area contributed by atoms with Crippen molar-refractivity contribution in [2.75, 3.05) is 36.4 Å². The Kier molecular flexibility index (Phi) is 7.25. The molecule has 3 aromatic heterocycles. The molecule has 1 aliphatic carbocycles. The van der Waals surface area contributed by atoms with Gasteiger partial charge in [-0.2, -0.15) is 5.21 Å². The van der Waals surface area contributed by atoms with Crippen LogP contribution in [0, 0.1) is 0 Å². The summed E-state index contributed by atoms with van der Waals surface area (Å²) in [6.07, 6.45) is 8.12. The molecule has 10 heteroatoms. The quantitative estimate of drug-likeness (QED) is 0.451. The molecule has 2 N–H and O–H groups in total. The van der Waals surface area contributed by atoms with Gasteiger partial charge in [0.1, 0.15) is 17.2 Å². The molecule has 1 aliphatic heterocycles. The van der Waals surface area contributed by atoms with Crippen LogP contribution in [0.25, 0.3) is 22.6 Å². The molecule has 5 rings (SSSR count). The minimum atomic E-state index is -0.265. The van der Waals surface area contributed by atoms with Gasteiger partial charge >= 0.3 is 0 Å². The maximum atomic E-state index is 5.99. The van der Waals surface area contributed by atoms with Crippen molar-refractivity contribution in [2.45, 2.75) is 64.5 Å². The largest absolute Gasteiger partial charge is 0.474 e. The predicted octanol–water partition coefficient (Wildman–Crippen LogP) is 4.48. The lowest BCUT2D eigenvalue weighted by Crippen LogP contribution is -2.47. The van der Waals surface area contributed by atoms with Gasteiger partial charge in [0.25, 0.3) is 0 Å². The average molecular weight is 504 g/mol. The van der Waals surface area contributed by atoms with E-state index in [-0.39, 0.29) is 5.60 Å². The van der Waals surface area contributed by atoms with Crippen LogP contribution in [0.2, 0.25) is 0 Å². The Hall–Kier alpha value is -3.69. The maximum absolute atomic E-state index is 5.99. The summed E-state index contributed by atoms with van der Waals surface area (Å²) in [6.45, 7) is 13.5. The van der Waals surface area contributed by atoms with Crippen LogP contribution >= 0.6 is 0 Å². The highest BCUT2D eigenvalue weighted by Crippen LogP contribution is 2.30. The number of tetrazole rings is 1. The molecule has 1 saturated carbocycles. The number of anilines is 2. The zero-order valence-electron chi connectivity index (χ0n) is 22.1. The second-order valence-electron chi connectivity index (χ2n) is 10.8. The molecule has 0 atom stereocenters. The van der Waals surface area contributed by atoms with Gasteiger partial charge in [0.05, 0.1) is 5.69 Å².